The van der Waals surface area contributed by atoms with Gasteiger partial charge in [-0.05, 0) is 56.2 Å². The third-order valence-electron chi connectivity index (χ3n) is 3.94. The van der Waals surface area contributed by atoms with E-state index in [1.165, 1.54) is 11.0 Å². The number of halogens is 1. The molecule has 0 aliphatic rings. The summed E-state index contributed by atoms with van der Waals surface area (Å²) >= 11 is 6.26. The second kappa shape index (κ2) is 8.72. The molecular weight excluding hydrogens is 348 g/mol. The van der Waals surface area contributed by atoms with E-state index in [0.717, 1.165) is 23.4 Å². The average molecular weight is 373 g/mol. The highest BCUT2D eigenvalue weighted by molar-refractivity contribution is 6.32. The van der Waals surface area contributed by atoms with Crippen molar-refractivity contribution in [2.75, 3.05) is 23.0 Å². The molecule has 0 saturated carbocycles. The van der Waals surface area contributed by atoms with Crippen LogP contribution in [0.15, 0.2) is 36.5 Å². The van der Waals surface area contributed by atoms with Crippen molar-refractivity contribution in [3.8, 4) is 0 Å². The van der Waals surface area contributed by atoms with Crippen LogP contribution >= 0.6 is 11.6 Å². The number of pyridine rings is 1. The first kappa shape index (κ1) is 19.8. The lowest BCUT2D eigenvalue weighted by molar-refractivity contribution is -0.113. The smallest absolute Gasteiger partial charge is 0.250 e. The van der Waals surface area contributed by atoms with Crippen LogP contribution in [-0.4, -0.2) is 24.0 Å². The van der Waals surface area contributed by atoms with E-state index in [1.807, 2.05) is 39.0 Å². The van der Waals surface area contributed by atoms with Crippen LogP contribution in [0.5, 0.6) is 0 Å². The highest BCUT2D eigenvalue weighted by atomic mass is 35.5. The molecule has 1 aromatic heterocycles. The average Bonchev–Trinajstić information content (AvgIpc) is 2.61. The van der Waals surface area contributed by atoms with E-state index in [1.54, 1.807) is 25.4 Å². The number of hydrogen-bond donors (Lipinski definition) is 2. The van der Waals surface area contributed by atoms with Gasteiger partial charge in [0.25, 0.3) is 5.91 Å². The van der Waals surface area contributed by atoms with Gasteiger partial charge in [-0.25, -0.2) is 4.98 Å². The molecule has 0 atom stereocenters. The zero-order valence-electron chi connectivity index (χ0n) is 15.6. The molecule has 26 heavy (non-hydrogen) atoms. The van der Waals surface area contributed by atoms with Gasteiger partial charge in [0.05, 0.1) is 11.4 Å². The minimum absolute atomic E-state index is 0.198. The summed E-state index contributed by atoms with van der Waals surface area (Å²) in [5.41, 5.74) is 9.02. The number of hydrogen-bond acceptors (Lipinski definition) is 4. The molecule has 2 rings (SSSR count). The SMILES string of the molecule is CCc1cc(N)c(N(C)C(=O)/C=C/c2cccnc2NC(C)C)cc1Cl. The van der Waals surface area contributed by atoms with Gasteiger partial charge in [0, 0.05) is 35.9 Å². The third kappa shape index (κ3) is 4.76. The number of benzene rings is 1. The molecule has 0 aliphatic carbocycles. The van der Waals surface area contributed by atoms with Crippen molar-refractivity contribution in [1.82, 2.24) is 4.98 Å². The van der Waals surface area contributed by atoms with Crippen molar-refractivity contribution in [3.05, 3.63) is 52.7 Å². The standard InChI is InChI=1S/C20H25ClN4O/c1-5-14-11-17(22)18(12-16(14)21)25(4)19(26)9-8-15-7-6-10-23-20(15)24-13(2)3/h6-13H,5,22H2,1-4H3,(H,23,24)/b9-8+. The second-order valence-corrected chi connectivity index (χ2v) is 6.73. The number of carbonyl (C=O) groups excluding carboxylic acids is 1. The molecule has 0 fully saturated rings. The van der Waals surface area contributed by atoms with Crippen molar-refractivity contribution in [3.63, 3.8) is 0 Å². The maximum absolute atomic E-state index is 12.6. The van der Waals surface area contributed by atoms with Gasteiger partial charge in [-0.3, -0.25) is 4.79 Å². The van der Waals surface area contributed by atoms with Gasteiger partial charge < -0.3 is 16.0 Å². The number of rotatable bonds is 6. The summed E-state index contributed by atoms with van der Waals surface area (Å²) in [5, 5.41) is 3.87. The summed E-state index contributed by atoms with van der Waals surface area (Å²) in [4.78, 5) is 18.4. The molecule has 0 saturated heterocycles. The predicted molar refractivity (Wildman–Crippen MR) is 111 cm³/mol. The summed E-state index contributed by atoms with van der Waals surface area (Å²) in [7, 11) is 1.68. The van der Waals surface area contributed by atoms with Gasteiger partial charge in [0.1, 0.15) is 5.82 Å². The topological polar surface area (TPSA) is 71.2 Å². The van der Waals surface area contributed by atoms with Gasteiger partial charge in [0.15, 0.2) is 0 Å². The molecule has 138 valence electrons. The Balaban J connectivity index is 2.23. The molecule has 0 radical (unpaired) electrons. The van der Waals surface area contributed by atoms with Gasteiger partial charge >= 0.3 is 0 Å². The number of carbonyl (C=O) groups is 1. The molecule has 0 unspecified atom stereocenters. The number of nitrogens with two attached hydrogens (primary N) is 1. The number of aromatic nitrogens is 1. The molecule has 1 amide bonds. The quantitative estimate of drug-likeness (QED) is 0.583. The first-order chi connectivity index (χ1) is 12.3. The van der Waals surface area contributed by atoms with Crippen LogP contribution in [0.1, 0.15) is 31.9 Å². The Hall–Kier alpha value is -2.53. The van der Waals surface area contributed by atoms with Crippen LogP contribution in [0.4, 0.5) is 17.2 Å². The molecule has 2 aromatic rings. The largest absolute Gasteiger partial charge is 0.397 e. The van der Waals surface area contributed by atoms with E-state index >= 15 is 0 Å². The van der Waals surface area contributed by atoms with Crippen LogP contribution in [0.3, 0.4) is 0 Å². The van der Waals surface area contributed by atoms with Gasteiger partial charge in [-0.15, -0.1) is 0 Å². The van der Waals surface area contributed by atoms with E-state index < -0.39 is 0 Å². The molecular formula is C20H25ClN4O. The summed E-state index contributed by atoms with van der Waals surface area (Å²) in [6, 6.07) is 7.53. The van der Waals surface area contributed by atoms with E-state index in [0.29, 0.717) is 16.4 Å². The minimum atomic E-state index is -0.198. The molecule has 1 heterocycles. The number of aryl methyl sites for hydroxylation is 1. The minimum Gasteiger partial charge on any atom is -0.397 e. The maximum Gasteiger partial charge on any atom is 0.250 e. The number of nitrogen functional groups attached to an aromatic ring is 1. The molecule has 1 aromatic carbocycles. The van der Waals surface area contributed by atoms with Crippen LogP contribution in [-0.2, 0) is 11.2 Å². The van der Waals surface area contributed by atoms with E-state index in [4.69, 9.17) is 17.3 Å². The van der Waals surface area contributed by atoms with Crippen molar-refractivity contribution >= 4 is 40.8 Å². The van der Waals surface area contributed by atoms with Crippen LogP contribution in [0.2, 0.25) is 5.02 Å². The van der Waals surface area contributed by atoms with E-state index in [-0.39, 0.29) is 11.9 Å². The number of amides is 1. The van der Waals surface area contributed by atoms with Crippen LogP contribution < -0.4 is 16.0 Å². The maximum atomic E-state index is 12.6. The normalized spacial score (nSPS) is 11.2. The van der Waals surface area contributed by atoms with Crippen molar-refractivity contribution < 1.29 is 4.79 Å². The first-order valence-electron chi connectivity index (χ1n) is 8.58. The van der Waals surface area contributed by atoms with Crippen molar-refractivity contribution in [1.29, 1.82) is 0 Å². The van der Waals surface area contributed by atoms with Gasteiger partial charge in [-0.2, -0.15) is 0 Å². The molecule has 3 N–H and O–H groups in total. The lowest BCUT2D eigenvalue weighted by atomic mass is 10.1. The summed E-state index contributed by atoms with van der Waals surface area (Å²) in [6.45, 7) is 6.08. The fourth-order valence-corrected chi connectivity index (χ4v) is 2.82. The summed E-state index contributed by atoms with van der Waals surface area (Å²) < 4.78 is 0. The van der Waals surface area contributed by atoms with Crippen LogP contribution in [0.25, 0.3) is 6.08 Å². The Kier molecular flexibility index (Phi) is 6.64. The monoisotopic (exact) mass is 372 g/mol. The predicted octanol–water partition coefficient (Wildman–Crippen LogP) is 4.38. The number of nitrogens with one attached hydrogen (secondary N) is 1. The fraction of sp³-hybridized carbons (Fsp3) is 0.300. The highest BCUT2D eigenvalue weighted by Crippen LogP contribution is 2.30. The molecule has 0 aliphatic heterocycles. The lowest BCUT2D eigenvalue weighted by Crippen LogP contribution is -2.25. The lowest BCUT2D eigenvalue weighted by Gasteiger charge is -2.19. The van der Waals surface area contributed by atoms with Gasteiger partial charge in [0.2, 0.25) is 0 Å². The van der Waals surface area contributed by atoms with E-state index in [9.17, 15) is 4.79 Å². The molecule has 5 nitrogen and oxygen atoms in total. The number of anilines is 3. The second-order valence-electron chi connectivity index (χ2n) is 6.33. The molecule has 0 bridgehead atoms. The number of likely N-dealkylation sites (N-methyl/N-ethyl adjacent to an activating group) is 1. The highest BCUT2D eigenvalue weighted by Gasteiger charge is 2.14. The number of nitrogens with zero attached hydrogens (tertiary/aromatic N) is 2. The van der Waals surface area contributed by atoms with Crippen molar-refractivity contribution in [2.24, 2.45) is 0 Å². The van der Waals surface area contributed by atoms with Crippen molar-refractivity contribution in [2.45, 2.75) is 33.2 Å². The molecule has 0 spiro atoms. The summed E-state index contributed by atoms with van der Waals surface area (Å²) in [5.74, 6) is 0.542. The first-order valence-corrected chi connectivity index (χ1v) is 8.96. The third-order valence-corrected chi connectivity index (χ3v) is 4.29. The Morgan fingerprint density at radius 2 is 2.15 bits per heavy atom. The van der Waals surface area contributed by atoms with Gasteiger partial charge in [-0.1, -0.05) is 18.5 Å². The fourth-order valence-electron chi connectivity index (χ4n) is 2.53. The Morgan fingerprint density at radius 3 is 2.81 bits per heavy atom. The van der Waals surface area contributed by atoms with Crippen LogP contribution in [0, 0.1) is 0 Å². The zero-order valence-corrected chi connectivity index (χ0v) is 16.3. The molecule has 6 heteroatoms. The Labute approximate surface area is 159 Å². The Morgan fingerprint density at radius 1 is 1.42 bits per heavy atom. The van der Waals surface area contributed by atoms with E-state index in [2.05, 4.69) is 10.3 Å². The Bertz CT molecular complexity index is 817. The zero-order chi connectivity index (χ0) is 19.3. The summed E-state index contributed by atoms with van der Waals surface area (Å²) in [6.07, 6.45) is 5.75.